The van der Waals surface area contributed by atoms with Crippen LogP contribution in [0.25, 0.3) is 0 Å². The smallest absolute Gasteiger partial charge is 0.649 e. The number of benzene rings is 3. The maximum absolute atomic E-state index is 13.2. The van der Waals surface area contributed by atoms with Crippen LogP contribution in [0.5, 0.6) is 0 Å². The summed E-state index contributed by atoms with van der Waals surface area (Å²) in [5, 5.41) is 5.92. The van der Waals surface area contributed by atoms with Gasteiger partial charge in [-0.15, -0.1) is 6.07 Å². The monoisotopic (exact) mass is 672 g/mol. The van der Waals surface area contributed by atoms with Crippen LogP contribution in [0.15, 0.2) is 65.1 Å². The fraction of sp³-hybridized carbons (Fsp3) is 0.353. The van der Waals surface area contributed by atoms with Gasteiger partial charge in [-0.1, -0.05) is 50.8 Å². The summed E-state index contributed by atoms with van der Waals surface area (Å²) in [5.74, 6) is -0.204. The molecular formula is C34H42BrN4NaO4-2. The van der Waals surface area contributed by atoms with Gasteiger partial charge in [0.15, 0.2) is 0 Å². The van der Waals surface area contributed by atoms with Crippen LogP contribution in [0.4, 0.5) is 16.2 Å². The molecule has 1 aliphatic rings. The summed E-state index contributed by atoms with van der Waals surface area (Å²) in [7, 11) is 3.99. The second-order valence-electron chi connectivity index (χ2n) is 11.4. The van der Waals surface area contributed by atoms with Crippen molar-refractivity contribution in [3.63, 3.8) is 0 Å². The van der Waals surface area contributed by atoms with E-state index in [2.05, 4.69) is 54.4 Å². The standard InChI is InChI=1S/C28H30BrN4O2.C5H9O2.CH3.Na/c1-32(2)15-16-33(28(35)31-26-14-13-21-5-3-6-23(21)17-26)19-20-9-11-22(12-10-20)27(34)30-25-8-4-7-24(29)18-25;1-5(2,3)7-4-6;;/h4,7,9-14,17-18H,3,5-6,15-16,19H2,1-2H3,(H,30,34)(H,31,35);1-3H3;1H3;/q3*-1;+1. The summed E-state index contributed by atoms with van der Waals surface area (Å²) in [6.07, 6.45) is 3.37. The van der Waals surface area contributed by atoms with Crippen molar-refractivity contribution in [1.82, 2.24) is 9.80 Å². The van der Waals surface area contributed by atoms with E-state index >= 15 is 0 Å². The molecule has 0 saturated heterocycles. The molecule has 4 rings (SSSR count). The Morgan fingerprint density at radius 1 is 0.977 bits per heavy atom. The Balaban J connectivity index is 0.000000965. The zero-order chi connectivity index (χ0) is 30.7. The maximum atomic E-state index is 13.2. The first kappa shape index (κ1) is 39.3. The van der Waals surface area contributed by atoms with E-state index in [9.17, 15) is 14.4 Å². The quantitative estimate of drug-likeness (QED) is 0.266. The van der Waals surface area contributed by atoms with Gasteiger partial charge in [-0.05, 0) is 95.1 Å². The summed E-state index contributed by atoms with van der Waals surface area (Å²) < 4.78 is 5.30. The van der Waals surface area contributed by atoms with Crippen molar-refractivity contribution < 1.29 is 48.7 Å². The molecule has 0 atom stereocenters. The van der Waals surface area contributed by atoms with Crippen molar-refractivity contribution in [2.24, 2.45) is 0 Å². The number of nitrogens with one attached hydrogen (secondary N) is 2. The third kappa shape index (κ3) is 13.5. The minimum atomic E-state index is -0.373. The van der Waals surface area contributed by atoms with Crippen LogP contribution in [0.3, 0.4) is 0 Å². The number of hydrogen-bond acceptors (Lipinski definition) is 5. The van der Waals surface area contributed by atoms with Gasteiger partial charge in [0.25, 0.3) is 5.91 Å². The van der Waals surface area contributed by atoms with Crippen LogP contribution in [0.1, 0.15) is 54.2 Å². The van der Waals surface area contributed by atoms with Crippen LogP contribution in [0, 0.1) is 13.5 Å². The average Bonchev–Trinajstić information content (AvgIpc) is 3.39. The van der Waals surface area contributed by atoms with E-state index in [1.54, 1.807) is 49.9 Å². The first-order valence-electron chi connectivity index (χ1n) is 13.9. The van der Waals surface area contributed by atoms with E-state index in [0.717, 1.165) is 35.1 Å². The van der Waals surface area contributed by atoms with E-state index in [1.165, 1.54) is 24.0 Å². The molecule has 3 amide bonds. The molecule has 0 unspecified atom stereocenters. The van der Waals surface area contributed by atoms with E-state index in [1.807, 2.05) is 38.4 Å². The second-order valence-corrected chi connectivity index (χ2v) is 12.3. The number of amides is 3. The number of hydrogen-bond donors (Lipinski definition) is 2. The summed E-state index contributed by atoms with van der Waals surface area (Å²) in [6.45, 7) is 8.52. The number of carbonyl (C=O) groups is 2. The molecule has 232 valence electrons. The predicted octanol–water partition coefficient (Wildman–Crippen LogP) is 3.91. The molecule has 0 heterocycles. The molecule has 0 saturated carbocycles. The number of fused-ring (bicyclic) bond motifs is 1. The number of halogens is 1. The van der Waals surface area contributed by atoms with Crippen LogP contribution < -0.4 is 40.2 Å². The summed E-state index contributed by atoms with van der Waals surface area (Å²) in [5.41, 5.74) is 5.28. The number of carbonyl (C=O) groups excluding carboxylic acids is 3. The number of likely N-dealkylation sites (N-methyl/N-ethyl adjacent to an activating group) is 1. The molecule has 1 aliphatic carbocycles. The largest absolute Gasteiger partial charge is 1.00 e. The zero-order valence-electron chi connectivity index (χ0n) is 26.9. The minimum Gasteiger partial charge on any atom is -0.649 e. The molecule has 0 bridgehead atoms. The van der Waals surface area contributed by atoms with E-state index < -0.39 is 0 Å². The second kappa shape index (κ2) is 19.0. The zero-order valence-corrected chi connectivity index (χ0v) is 30.5. The van der Waals surface area contributed by atoms with Gasteiger partial charge in [0.2, 0.25) is 0 Å². The van der Waals surface area contributed by atoms with Gasteiger partial charge in [0, 0.05) is 30.9 Å². The molecule has 0 fully saturated rings. The minimum absolute atomic E-state index is 0. The summed E-state index contributed by atoms with van der Waals surface area (Å²) in [4.78, 5) is 39.1. The Bertz CT molecular complexity index is 1360. The Morgan fingerprint density at radius 2 is 1.66 bits per heavy atom. The molecule has 10 heteroatoms. The van der Waals surface area contributed by atoms with Gasteiger partial charge < -0.3 is 37.4 Å². The Morgan fingerprint density at radius 3 is 2.25 bits per heavy atom. The Labute approximate surface area is 293 Å². The van der Waals surface area contributed by atoms with Gasteiger partial charge in [0.05, 0.1) is 5.60 Å². The van der Waals surface area contributed by atoms with Gasteiger partial charge in [-0.2, -0.15) is 18.2 Å². The van der Waals surface area contributed by atoms with E-state index in [-0.39, 0.29) is 54.5 Å². The number of urea groups is 1. The topological polar surface area (TPSA) is 91.0 Å². The predicted molar refractivity (Wildman–Crippen MR) is 177 cm³/mol. The van der Waals surface area contributed by atoms with E-state index in [4.69, 9.17) is 0 Å². The van der Waals surface area contributed by atoms with Crippen molar-refractivity contribution >= 4 is 45.7 Å². The van der Waals surface area contributed by atoms with Crippen LogP contribution in [0.2, 0.25) is 0 Å². The number of nitrogens with zero attached hydrogens (tertiary/aromatic N) is 2. The van der Waals surface area contributed by atoms with Crippen LogP contribution in [-0.4, -0.2) is 61.0 Å². The van der Waals surface area contributed by atoms with Crippen molar-refractivity contribution in [3.05, 3.63) is 101 Å². The first-order valence-corrected chi connectivity index (χ1v) is 14.7. The normalized spacial score (nSPS) is 11.5. The summed E-state index contributed by atoms with van der Waals surface area (Å²) >= 11 is 3.40. The van der Waals surface area contributed by atoms with Gasteiger partial charge >= 0.3 is 35.6 Å². The van der Waals surface area contributed by atoms with E-state index in [0.29, 0.717) is 24.3 Å². The van der Waals surface area contributed by atoms with Crippen LogP contribution >= 0.6 is 15.9 Å². The third-order valence-electron chi connectivity index (χ3n) is 6.40. The Kier molecular flexibility index (Phi) is 17.0. The molecule has 44 heavy (non-hydrogen) atoms. The van der Waals surface area contributed by atoms with Gasteiger partial charge in [-0.3, -0.25) is 4.79 Å². The van der Waals surface area contributed by atoms with Crippen molar-refractivity contribution in [3.8, 4) is 0 Å². The summed E-state index contributed by atoms with van der Waals surface area (Å²) in [6, 6.07) is 21.8. The van der Waals surface area contributed by atoms with Gasteiger partial charge in [-0.25, -0.2) is 4.79 Å². The molecule has 0 radical (unpaired) electrons. The fourth-order valence-electron chi connectivity index (χ4n) is 4.24. The van der Waals surface area contributed by atoms with Crippen molar-refractivity contribution in [2.45, 2.75) is 52.2 Å². The van der Waals surface area contributed by atoms with Crippen molar-refractivity contribution in [1.29, 1.82) is 0 Å². The molecule has 3 aromatic rings. The number of ether oxygens (including phenoxy) is 1. The fourth-order valence-corrected chi connectivity index (χ4v) is 4.60. The number of anilines is 2. The maximum Gasteiger partial charge on any atom is 1.00 e. The number of aryl methyl sites for hydroxylation is 2. The van der Waals surface area contributed by atoms with Crippen LogP contribution in [-0.2, 0) is 28.9 Å². The third-order valence-corrected chi connectivity index (χ3v) is 6.90. The van der Waals surface area contributed by atoms with Crippen molar-refractivity contribution in [2.75, 3.05) is 37.8 Å². The average molecular weight is 674 g/mol. The molecular weight excluding hydrogens is 631 g/mol. The van der Waals surface area contributed by atoms with Gasteiger partial charge in [0.1, 0.15) is 0 Å². The SMILES string of the molecule is CC(C)(C)O[C-]=O.CN(C)CCN(Cc1ccc(C(=O)Nc2[c-]ccc(Br)c2)cc1)C(=O)Nc1ccc2c(c1)CCC2.[CH3-].[Na+]. The number of rotatable bonds is 9. The molecule has 3 aromatic carbocycles. The molecule has 0 aliphatic heterocycles. The Hall–Kier alpha value is -2.69. The first-order chi connectivity index (χ1) is 19.9. The molecule has 2 N–H and O–H groups in total. The molecule has 0 spiro atoms. The molecule has 8 nitrogen and oxygen atoms in total. The molecule has 0 aromatic heterocycles.